The van der Waals surface area contributed by atoms with Gasteiger partial charge in [0.25, 0.3) is 0 Å². The van der Waals surface area contributed by atoms with Crippen LogP contribution in [0.2, 0.25) is 0 Å². The van der Waals surface area contributed by atoms with Gasteiger partial charge in [0.05, 0.1) is 37.9 Å². The SMILES string of the molecule is C=CC(=O)Nc1cc(-c2nc(Nc3ccc(OC)c(N4CCOCC4)c3)ncc2OC(F)(F)F)ccc1F. The molecular weight excluding hydrogens is 510 g/mol. The van der Waals surface area contributed by atoms with Crippen molar-refractivity contribution in [3.63, 3.8) is 0 Å². The maximum atomic E-state index is 14.2. The molecule has 2 N–H and O–H groups in total. The molecule has 2 aromatic carbocycles. The van der Waals surface area contributed by atoms with Crippen molar-refractivity contribution in [2.45, 2.75) is 6.36 Å². The number of anilines is 4. The van der Waals surface area contributed by atoms with Gasteiger partial charge in [0, 0.05) is 24.3 Å². The van der Waals surface area contributed by atoms with Gasteiger partial charge < -0.3 is 29.7 Å². The van der Waals surface area contributed by atoms with E-state index in [0.29, 0.717) is 37.7 Å². The first-order valence-corrected chi connectivity index (χ1v) is 11.3. The van der Waals surface area contributed by atoms with Crippen LogP contribution in [0.1, 0.15) is 0 Å². The first-order chi connectivity index (χ1) is 18.2. The quantitative estimate of drug-likeness (QED) is 0.312. The fourth-order valence-corrected chi connectivity index (χ4v) is 3.74. The summed E-state index contributed by atoms with van der Waals surface area (Å²) in [7, 11) is 1.55. The number of amides is 1. The van der Waals surface area contributed by atoms with Gasteiger partial charge in [-0.25, -0.2) is 14.4 Å². The highest BCUT2D eigenvalue weighted by Crippen LogP contribution is 2.36. The van der Waals surface area contributed by atoms with Gasteiger partial charge >= 0.3 is 6.36 Å². The molecule has 0 unspecified atom stereocenters. The van der Waals surface area contributed by atoms with Crippen LogP contribution in [0.15, 0.2) is 55.3 Å². The minimum Gasteiger partial charge on any atom is -0.495 e. The van der Waals surface area contributed by atoms with E-state index in [4.69, 9.17) is 9.47 Å². The first kappa shape index (κ1) is 26.7. The fraction of sp³-hybridized carbons (Fsp3) is 0.240. The molecule has 9 nitrogen and oxygen atoms in total. The number of methoxy groups -OCH3 is 1. The molecule has 4 rings (SSSR count). The number of carbonyl (C=O) groups is 1. The lowest BCUT2D eigenvalue weighted by Gasteiger charge is -2.30. The Morgan fingerprint density at radius 3 is 2.61 bits per heavy atom. The van der Waals surface area contributed by atoms with E-state index in [9.17, 15) is 22.4 Å². The first-order valence-electron chi connectivity index (χ1n) is 11.3. The van der Waals surface area contributed by atoms with Gasteiger partial charge in [-0.2, -0.15) is 0 Å². The molecule has 1 aliphatic rings. The van der Waals surface area contributed by atoms with Crippen molar-refractivity contribution in [2.24, 2.45) is 0 Å². The van der Waals surface area contributed by atoms with Crippen molar-refractivity contribution in [3.05, 3.63) is 61.1 Å². The number of morpholine rings is 1. The predicted octanol–water partition coefficient (Wildman–Crippen LogP) is 4.89. The number of halogens is 4. The Bertz CT molecular complexity index is 1330. The molecule has 2 heterocycles. The van der Waals surface area contributed by atoms with Gasteiger partial charge in [-0.3, -0.25) is 4.79 Å². The van der Waals surface area contributed by atoms with E-state index >= 15 is 0 Å². The number of alkyl halides is 3. The summed E-state index contributed by atoms with van der Waals surface area (Å²) in [5.74, 6) is -1.63. The Hall–Kier alpha value is -4.39. The summed E-state index contributed by atoms with van der Waals surface area (Å²) in [6.07, 6.45) is -3.25. The summed E-state index contributed by atoms with van der Waals surface area (Å²) in [5.41, 5.74) is 0.818. The Morgan fingerprint density at radius 1 is 1.16 bits per heavy atom. The molecule has 1 aliphatic heterocycles. The number of ether oxygens (including phenoxy) is 3. The smallest absolute Gasteiger partial charge is 0.495 e. The average molecular weight is 533 g/mol. The molecule has 0 radical (unpaired) electrons. The van der Waals surface area contributed by atoms with Crippen molar-refractivity contribution in [3.8, 4) is 22.8 Å². The van der Waals surface area contributed by atoms with E-state index in [2.05, 4.69) is 36.8 Å². The number of hydrogen-bond acceptors (Lipinski definition) is 8. The zero-order chi connectivity index (χ0) is 27.3. The number of hydrogen-bond donors (Lipinski definition) is 2. The summed E-state index contributed by atoms with van der Waals surface area (Å²) in [4.78, 5) is 21.9. The predicted molar refractivity (Wildman–Crippen MR) is 132 cm³/mol. The highest BCUT2D eigenvalue weighted by molar-refractivity contribution is 5.99. The van der Waals surface area contributed by atoms with Crippen LogP contribution in [0, 0.1) is 5.82 Å². The van der Waals surface area contributed by atoms with Crippen LogP contribution < -0.4 is 25.0 Å². The van der Waals surface area contributed by atoms with Crippen LogP contribution in [0.4, 0.5) is 40.6 Å². The normalized spacial score (nSPS) is 13.6. The van der Waals surface area contributed by atoms with Crippen LogP contribution in [0.5, 0.6) is 11.5 Å². The minimum atomic E-state index is -5.03. The van der Waals surface area contributed by atoms with E-state index in [1.165, 1.54) is 6.07 Å². The van der Waals surface area contributed by atoms with Gasteiger partial charge in [-0.1, -0.05) is 6.58 Å². The number of aromatic nitrogens is 2. The summed E-state index contributed by atoms with van der Waals surface area (Å²) >= 11 is 0. The lowest BCUT2D eigenvalue weighted by molar-refractivity contribution is -0.274. The van der Waals surface area contributed by atoms with Crippen molar-refractivity contribution >= 4 is 28.9 Å². The Balaban J connectivity index is 1.71. The standard InChI is InChI=1S/C25H23F4N5O4/c1-3-22(35)32-18-12-15(4-6-17(18)26)23-21(38-25(27,28)29)14-30-24(33-23)31-16-5-7-20(36-2)19(13-16)34-8-10-37-11-9-34/h3-7,12-14H,1,8-11H2,2H3,(H,32,35)(H,30,31,33). The Morgan fingerprint density at radius 2 is 1.92 bits per heavy atom. The van der Waals surface area contributed by atoms with Crippen LogP contribution in [0.25, 0.3) is 11.3 Å². The van der Waals surface area contributed by atoms with Crippen molar-refractivity contribution in [1.82, 2.24) is 9.97 Å². The number of rotatable bonds is 8. The van der Waals surface area contributed by atoms with Crippen LogP contribution in [-0.4, -0.2) is 55.7 Å². The van der Waals surface area contributed by atoms with Gasteiger partial charge in [0.1, 0.15) is 17.3 Å². The topological polar surface area (TPSA) is 97.8 Å². The second-order valence-electron chi connectivity index (χ2n) is 7.95. The van der Waals surface area contributed by atoms with E-state index < -0.39 is 23.8 Å². The molecule has 38 heavy (non-hydrogen) atoms. The molecular formula is C25H23F4N5O4. The van der Waals surface area contributed by atoms with E-state index in [1.54, 1.807) is 25.3 Å². The van der Waals surface area contributed by atoms with E-state index in [0.717, 1.165) is 30.1 Å². The molecule has 0 aliphatic carbocycles. The zero-order valence-corrected chi connectivity index (χ0v) is 20.1. The number of nitrogens with one attached hydrogen (secondary N) is 2. The third kappa shape index (κ3) is 6.48. The molecule has 0 spiro atoms. The largest absolute Gasteiger partial charge is 0.573 e. The summed E-state index contributed by atoms with van der Waals surface area (Å²) in [5, 5.41) is 5.23. The number of carbonyl (C=O) groups excluding carboxylic acids is 1. The van der Waals surface area contributed by atoms with Gasteiger partial charge in [0.2, 0.25) is 11.9 Å². The maximum Gasteiger partial charge on any atom is 0.573 e. The minimum absolute atomic E-state index is 0.0409. The third-order valence-electron chi connectivity index (χ3n) is 5.45. The van der Waals surface area contributed by atoms with Crippen LogP contribution in [-0.2, 0) is 9.53 Å². The number of benzene rings is 2. The third-order valence-corrected chi connectivity index (χ3v) is 5.45. The summed E-state index contributed by atoms with van der Waals surface area (Å²) in [6.45, 7) is 5.71. The molecule has 200 valence electrons. The van der Waals surface area contributed by atoms with Crippen molar-refractivity contribution in [1.29, 1.82) is 0 Å². The Kier molecular flexibility index (Phi) is 7.96. The van der Waals surface area contributed by atoms with Gasteiger partial charge in [-0.05, 0) is 42.5 Å². The molecule has 0 bridgehead atoms. The molecule has 1 aromatic heterocycles. The van der Waals surface area contributed by atoms with E-state index in [-0.39, 0.29) is 22.9 Å². The lowest BCUT2D eigenvalue weighted by Crippen LogP contribution is -2.36. The average Bonchev–Trinajstić information content (AvgIpc) is 2.90. The second-order valence-corrected chi connectivity index (χ2v) is 7.95. The highest BCUT2D eigenvalue weighted by atomic mass is 19.4. The summed E-state index contributed by atoms with van der Waals surface area (Å²) in [6, 6.07) is 8.57. The monoisotopic (exact) mass is 533 g/mol. The van der Waals surface area contributed by atoms with Crippen LogP contribution in [0.3, 0.4) is 0 Å². The lowest BCUT2D eigenvalue weighted by atomic mass is 10.1. The molecule has 13 heteroatoms. The zero-order valence-electron chi connectivity index (χ0n) is 20.1. The van der Waals surface area contributed by atoms with E-state index in [1.807, 2.05) is 0 Å². The van der Waals surface area contributed by atoms with Crippen LogP contribution >= 0.6 is 0 Å². The van der Waals surface area contributed by atoms with Gasteiger partial charge in [-0.15, -0.1) is 13.2 Å². The maximum absolute atomic E-state index is 14.2. The van der Waals surface area contributed by atoms with Crippen molar-refractivity contribution < 1.29 is 36.6 Å². The fourth-order valence-electron chi connectivity index (χ4n) is 3.74. The second kappa shape index (κ2) is 11.3. The number of nitrogens with zero attached hydrogens (tertiary/aromatic N) is 3. The highest BCUT2D eigenvalue weighted by Gasteiger charge is 2.33. The van der Waals surface area contributed by atoms with Crippen molar-refractivity contribution in [2.75, 3.05) is 48.9 Å². The molecule has 1 fully saturated rings. The molecule has 1 saturated heterocycles. The summed E-state index contributed by atoms with van der Waals surface area (Å²) < 4.78 is 68.5. The van der Waals surface area contributed by atoms with Gasteiger partial charge in [0.15, 0.2) is 5.75 Å². The molecule has 0 atom stereocenters. The Labute approximate surface area is 215 Å². The molecule has 3 aromatic rings. The molecule has 0 saturated carbocycles. The molecule has 1 amide bonds.